The van der Waals surface area contributed by atoms with Crippen LogP contribution in [0.15, 0.2) is 156 Å². The molecule has 6 aromatic carbocycles. The van der Waals surface area contributed by atoms with Gasteiger partial charge in [-0.2, -0.15) is 0 Å². The van der Waals surface area contributed by atoms with Crippen LogP contribution in [0.2, 0.25) is 17.3 Å². The van der Waals surface area contributed by atoms with Gasteiger partial charge in [0.25, 0.3) is 0 Å². The minimum Gasteiger partial charge on any atom is -0.513 e. The largest absolute Gasteiger partial charge is 0.513 e. The summed E-state index contributed by atoms with van der Waals surface area (Å²) in [6, 6.07) is 55.7. The molecular weight excluding hydrogens is 1070 g/mol. The van der Waals surface area contributed by atoms with Crippen molar-refractivity contribution in [3.8, 4) is 50.6 Å². The summed E-state index contributed by atoms with van der Waals surface area (Å²) in [4.78, 5) is 14.8. The van der Waals surface area contributed by atoms with E-state index in [1.165, 1.54) is 33.5 Å². The number of rotatable bonds is 10. The Labute approximate surface area is 418 Å². The maximum Gasteiger partial charge on any atom is 0.120 e. The molecule has 5 nitrogen and oxygen atoms in total. The average molecular weight is 1130 g/mol. The molecule has 0 unspecified atom stereocenters. The van der Waals surface area contributed by atoms with E-state index in [2.05, 4.69) is 204 Å². The molecule has 0 aliphatic carbocycles. The predicted octanol–water partition coefficient (Wildman–Crippen LogP) is 16.0. The molecule has 0 saturated carbocycles. The first-order chi connectivity index (χ1) is 32.3. The molecule has 7 heteroatoms. The molecule has 0 atom stereocenters. The number of fused-ring (bicyclic) bond motifs is 4. The molecule has 4 aromatic heterocycles. The molecule has 1 radical (unpaired) electrons. The summed E-state index contributed by atoms with van der Waals surface area (Å²) >= 11 is -1.86. The predicted molar refractivity (Wildman–Crippen MR) is 284 cm³/mol. The van der Waals surface area contributed by atoms with Gasteiger partial charge in [0.1, 0.15) is 5.58 Å². The molecule has 0 amide bonds. The number of benzene rings is 6. The molecule has 10 rings (SSSR count). The normalized spacial score (nSPS) is 11.7. The number of furan rings is 1. The summed E-state index contributed by atoms with van der Waals surface area (Å²) < 4.78 is 10.6. The molecule has 0 aliphatic rings. The summed E-state index contributed by atoms with van der Waals surface area (Å²) in [5, 5.41) is 1.02. The quantitative estimate of drug-likeness (QED) is 0.101. The third-order valence-corrected chi connectivity index (χ3v) is 17.0. The SMILES string of the molecule is CC(C)Cc1cc(-c2[c-]cccc2)nc[c]1[Ge]([CH3])([CH3])[CH3].Cc1cc(-c2ccccc2)cc2oc3c(-c4nc5ccccc5n4-c4c(C(C)C)cc(-c5ccccc5)cc4C(C)C)[c-]cnc3c12.[Ir]. The zero-order chi connectivity index (χ0) is 47.0. The van der Waals surface area contributed by atoms with Gasteiger partial charge in [-0.25, -0.2) is 0 Å². The van der Waals surface area contributed by atoms with Crippen molar-refractivity contribution < 1.29 is 24.5 Å². The number of nitrogens with zero attached hydrogens (tertiary/aromatic N) is 4. The molecule has 345 valence electrons. The van der Waals surface area contributed by atoms with Gasteiger partial charge >= 0.3 is 126 Å². The molecule has 10 aromatic rings. The molecule has 0 spiro atoms. The Morgan fingerprint density at radius 1 is 0.662 bits per heavy atom. The summed E-state index contributed by atoms with van der Waals surface area (Å²) in [6.45, 7) is 15.8. The first-order valence-electron chi connectivity index (χ1n) is 23.7. The zero-order valence-electron chi connectivity index (χ0n) is 40.9. The fourth-order valence-corrected chi connectivity index (χ4v) is 12.7. The Balaban J connectivity index is 0.000000251. The molecule has 68 heavy (non-hydrogen) atoms. The van der Waals surface area contributed by atoms with E-state index in [1.54, 1.807) is 10.6 Å². The van der Waals surface area contributed by atoms with Crippen LogP contribution in [0.1, 0.15) is 75.6 Å². The number of aryl methyl sites for hydroxylation is 1. The molecular formula is C61H60GeIrN4O-2. The third-order valence-electron chi connectivity index (χ3n) is 12.6. The van der Waals surface area contributed by atoms with Crippen molar-refractivity contribution in [3.63, 3.8) is 0 Å². The Morgan fingerprint density at radius 2 is 1.28 bits per heavy atom. The minimum absolute atomic E-state index is 0. The second kappa shape index (κ2) is 20.4. The Kier molecular flexibility index (Phi) is 14.5. The summed E-state index contributed by atoms with van der Waals surface area (Å²) in [5.41, 5.74) is 18.3. The number of para-hydroxylation sites is 2. The molecule has 0 fully saturated rings. The van der Waals surface area contributed by atoms with Gasteiger partial charge in [-0.15, -0.1) is 11.6 Å². The van der Waals surface area contributed by atoms with Gasteiger partial charge in [0.05, 0.1) is 22.1 Å². The van der Waals surface area contributed by atoms with Gasteiger partial charge in [0.2, 0.25) is 0 Å². The minimum atomic E-state index is -1.86. The standard InChI is InChI=1S/C43H36N3O.C18H24GeN.Ir/c1-26(2)34-23-32(30-16-10-7-11-17-30)24-35(27(3)4)41(34)46-37-19-13-12-18-36(37)45-43(46)33-20-21-44-40-39-28(5)22-31(25-38(39)47-42(33)40)29-14-8-6-9-15-29;1-14(2)11-16-12-18(15-9-7-6-8-10-15)20-13-17(16)19(3,4)5;/h6-19,21-27H,1-5H3;6-9,12-14H,11H2,1-5H3;/q2*-1;. The second-order valence-electron chi connectivity index (χ2n) is 19.9. The summed E-state index contributed by atoms with van der Waals surface area (Å²) in [7, 11) is 0. The Hall–Kier alpha value is -5.92. The smallest absolute Gasteiger partial charge is 0.120 e. The second-order valence-corrected chi connectivity index (χ2v) is 30.5. The van der Waals surface area contributed by atoms with Gasteiger partial charge in [-0.1, -0.05) is 107 Å². The fourth-order valence-electron chi connectivity index (χ4n) is 9.41. The number of imidazole rings is 1. The fraction of sp³-hybridized carbons (Fsp3) is 0.230. The van der Waals surface area contributed by atoms with Crippen molar-refractivity contribution in [3.05, 3.63) is 186 Å². The van der Waals surface area contributed by atoms with E-state index in [4.69, 9.17) is 19.4 Å². The van der Waals surface area contributed by atoms with E-state index in [-0.39, 0.29) is 31.9 Å². The van der Waals surface area contributed by atoms with Gasteiger partial charge in [-0.3, -0.25) is 9.97 Å². The number of hydrogen-bond donors (Lipinski definition) is 0. The number of pyridine rings is 2. The van der Waals surface area contributed by atoms with Crippen LogP contribution in [0, 0.1) is 25.0 Å². The van der Waals surface area contributed by atoms with Gasteiger partial charge in [-0.05, 0) is 94.2 Å². The van der Waals surface area contributed by atoms with Crippen molar-refractivity contribution >= 4 is 50.8 Å². The van der Waals surface area contributed by atoms with E-state index in [1.807, 2.05) is 24.3 Å². The third kappa shape index (κ3) is 9.83. The Morgan fingerprint density at radius 3 is 1.88 bits per heavy atom. The van der Waals surface area contributed by atoms with E-state index in [0.29, 0.717) is 11.5 Å². The monoisotopic (exact) mass is 1130 g/mol. The topological polar surface area (TPSA) is 56.7 Å². The van der Waals surface area contributed by atoms with Crippen LogP contribution >= 0.6 is 0 Å². The molecule has 0 N–H and O–H groups in total. The molecule has 0 aliphatic heterocycles. The number of hydrogen-bond acceptors (Lipinski definition) is 4. The first kappa shape index (κ1) is 48.5. The maximum absolute atomic E-state index is 6.75. The van der Waals surface area contributed by atoms with Crippen LogP contribution in [0.5, 0.6) is 0 Å². The maximum atomic E-state index is 6.75. The zero-order valence-corrected chi connectivity index (χ0v) is 45.4. The molecule has 0 saturated heterocycles. The van der Waals surface area contributed by atoms with Crippen LogP contribution in [0.25, 0.3) is 83.7 Å². The first-order valence-corrected chi connectivity index (χ1v) is 31.1. The molecule has 4 heterocycles. The van der Waals surface area contributed by atoms with E-state index in [0.717, 1.165) is 73.3 Å². The van der Waals surface area contributed by atoms with Crippen molar-refractivity contribution in [1.29, 1.82) is 0 Å². The van der Waals surface area contributed by atoms with E-state index >= 15 is 0 Å². The van der Waals surface area contributed by atoms with Gasteiger partial charge in [0.15, 0.2) is 0 Å². The number of aromatic nitrogens is 4. The summed E-state index contributed by atoms with van der Waals surface area (Å²) in [5.74, 6) is 9.33. The van der Waals surface area contributed by atoms with Crippen molar-refractivity contribution in [1.82, 2.24) is 19.5 Å². The van der Waals surface area contributed by atoms with Gasteiger partial charge in [0, 0.05) is 37.0 Å². The van der Waals surface area contributed by atoms with Crippen LogP contribution in [0.3, 0.4) is 0 Å². The summed E-state index contributed by atoms with van der Waals surface area (Å²) in [6.07, 6.45) is 5.04. The van der Waals surface area contributed by atoms with Crippen molar-refractivity contribution in [2.75, 3.05) is 0 Å². The van der Waals surface area contributed by atoms with Crippen LogP contribution in [-0.4, -0.2) is 32.8 Å². The van der Waals surface area contributed by atoms with Crippen LogP contribution < -0.4 is 4.40 Å². The van der Waals surface area contributed by atoms with E-state index < -0.39 is 13.3 Å². The van der Waals surface area contributed by atoms with E-state index in [9.17, 15) is 0 Å². The van der Waals surface area contributed by atoms with Crippen molar-refractivity contribution in [2.45, 2.75) is 84.0 Å². The van der Waals surface area contributed by atoms with Crippen LogP contribution in [-0.2, 0) is 26.5 Å². The molecule has 0 bridgehead atoms. The average Bonchev–Trinajstić information content (AvgIpc) is 3.91. The van der Waals surface area contributed by atoms with Gasteiger partial charge < -0.3 is 8.98 Å². The van der Waals surface area contributed by atoms with Crippen LogP contribution in [0.4, 0.5) is 0 Å². The Bertz CT molecular complexity index is 3320. The van der Waals surface area contributed by atoms with Crippen molar-refractivity contribution in [2.24, 2.45) is 5.92 Å².